The third-order valence-electron chi connectivity index (χ3n) is 2.41. The Labute approximate surface area is 123 Å². The predicted octanol–water partition coefficient (Wildman–Crippen LogP) is 3.20. The second kappa shape index (κ2) is 6.08. The lowest BCUT2D eigenvalue weighted by atomic mass is 10.2. The maximum absolute atomic E-state index is 13.1. The van der Waals surface area contributed by atoms with Gasteiger partial charge in [-0.15, -0.1) is 0 Å². The number of ether oxygens (including phenoxy) is 1. The molecule has 1 aromatic carbocycles. The van der Waals surface area contributed by atoms with Crippen molar-refractivity contribution >= 4 is 33.1 Å². The van der Waals surface area contributed by atoms with E-state index in [1.807, 2.05) is 6.07 Å². The minimum absolute atomic E-state index is 0.222. The largest absolute Gasteiger partial charge is 0.489 e. The van der Waals surface area contributed by atoms with E-state index in [4.69, 9.17) is 22.7 Å². The van der Waals surface area contributed by atoms with Crippen LogP contribution in [0.15, 0.2) is 41.0 Å². The Morgan fingerprint density at radius 2 is 2.21 bits per heavy atom. The Hall–Kier alpha value is -1.53. The number of nitrogens with two attached hydrogens (primary N) is 1. The summed E-state index contributed by atoms with van der Waals surface area (Å²) in [6.45, 7) is 0.262. The first kappa shape index (κ1) is 13.9. The molecule has 0 radical (unpaired) electrons. The summed E-state index contributed by atoms with van der Waals surface area (Å²) in [5, 5.41) is 0. The van der Waals surface area contributed by atoms with Crippen molar-refractivity contribution < 1.29 is 9.13 Å². The fourth-order valence-electron chi connectivity index (χ4n) is 1.50. The molecule has 0 spiro atoms. The number of pyridine rings is 1. The Morgan fingerprint density at radius 3 is 2.89 bits per heavy atom. The fourth-order valence-corrected chi connectivity index (χ4v) is 2.05. The fraction of sp³-hybridized carbons (Fsp3) is 0.0769. The highest BCUT2D eigenvalue weighted by atomic mass is 79.9. The van der Waals surface area contributed by atoms with Crippen molar-refractivity contribution in [3.8, 4) is 5.75 Å². The van der Waals surface area contributed by atoms with E-state index in [0.717, 1.165) is 5.56 Å². The maximum atomic E-state index is 13.1. The molecule has 1 heterocycles. The number of hydrogen-bond acceptors (Lipinski definition) is 3. The van der Waals surface area contributed by atoms with Crippen molar-refractivity contribution in [2.45, 2.75) is 6.61 Å². The minimum atomic E-state index is -0.336. The SMILES string of the molecule is NC(=S)c1ncccc1COc1ccc(F)c(Br)c1. The van der Waals surface area contributed by atoms with Crippen molar-refractivity contribution in [1.82, 2.24) is 4.98 Å². The average Bonchev–Trinajstić information content (AvgIpc) is 2.40. The van der Waals surface area contributed by atoms with Gasteiger partial charge in [0.25, 0.3) is 0 Å². The van der Waals surface area contributed by atoms with Gasteiger partial charge in [-0.05, 0) is 40.2 Å². The quantitative estimate of drug-likeness (QED) is 0.868. The first-order chi connectivity index (χ1) is 9.08. The number of aromatic nitrogens is 1. The van der Waals surface area contributed by atoms with Gasteiger partial charge < -0.3 is 10.5 Å². The molecule has 2 aromatic rings. The molecule has 0 bridgehead atoms. The maximum Gasteiger partial charge on any atom is 0.137 e. The van der Waals surface area contributed by atoms with Gasteiger partial charge in [-0.1, -0.05) is 18.3 Å². The molecule has 0 aliphatic heterocycles. The topological polar surface area (TPSA) is 48.1 Å². The molecule has 1 aromatic heterocycles. The smallest absolute Gasteiger partial charge is 0.137 e. The van der Waals surface area contributed by atoms with E-state index in [9.17, 15) is 4.39 Å². The van der Waals surface area contributed by atoms with Crippen LogP contribution in [0.4, 0.5) is 4.39 Å². The van der Waals surface area contributed by atoms with Crippen molar-refractivity contribution in [3.63, 3.8) is 0 Å². The first-order valence-electron chi connectivity index (χ1n) is 5.39. The average molecular weight is 341 g/mol. The van der Waals surface area contributed by atoms with E-state index >= 15 is 0 Å². The molecule has 98 valence electrons. The zero-order valence-electron chi connectivity index (χ0n) is 9.77. The molecule has 19 heavy (non-hydrogen) atoms. The van der Waals surface area contributed by atoms with Gasteiger partial charge in [0.15, 0.2) is 0 Å². The number of nitrogens with zero attached hydrogens (tertiary/aromatic N) is 1. The number of halogens is 2. The van der Waals surface area contributed by atoms with Gasteiger partial charge >= 0.3 is 0 Å². The number of rotatable bonds is 4. The number of thiocarbonyl (C=S) groups is 1. The van der Waals surface area contributed by atoms with Crippen molar-refractivity contribution in [2.24, 2.45) is 5.73 Å². The van der Waals surface area contributed by atoms with Crippen LogP contribution in [0.1, 0.15) is 11.3 Å². The highest BCUT2D eigenvalue weighted by Crippen LogP contribution is 2.22. The Balaban J connectivity index is 2.14. The van der Waals surface area contributed by atoms with Gasteiger partial charge in [0.05, 0.1) is 4.47 Å². The van der Waals surface area contributed by atoms with Crippen LogP contribution in [0.5, 0.6) is 5.75 Å². The predicted molar refractivity (Wildman–Crippen MR) is 78.6 cm³/mol. The zero-order valence-corrected chi connectivity index (χ0v) is 12.2. The highest BCUT2D eigenvalue weighted by molar-refractivity contribution is 9.10. The molecule has 3 nitrogen and oxygen atoms in total. The molecule has 0 saturated heterocycles. The molecule has 0 atom stereocenters. The van der Waals surface area contributed by atoms with Crippen LogP contribution in [-0.4, -0.2) is 9.97 Å². The van der Waals surface area contributed by atoms with E-state index in [0.29, 0.717) is 15.9 Å². The van der Waals surface area contributed by atoms with Crippen LogP contribution >= 0.6 is 28.1 Å². The van der Waals surface area contributed by atoms with E-state index in [-0.39, 0.29) is 17.4 Å². The second-order valence-electron chi connectivity index (χ2n) is 3.74. The lowest BCUT2D eigenvalue weighted by Crippen LogP contribution is -2.15. The summed E-state index contributed by atoms with van der Waals surface area (Å²) in [6.07, 6.45) is 1.62. The molecular formula is C13H10BrFN2OS. The summed E-state index contributed by atoms with van der Waals surface area (Å²) in [5.41, 5.74) is 6.91. The van der Waals surface area contributed by atoms with Gasteiger partial charge in [-0.3, -0.25) is 4.98 Å². The van der Waals surface area contributed by atoms with Gasteiger partial charge in [-0.2, -0.15) is 0 Å². The van der Waals surface area contributed by atoms with E-state index in [1.54, 1.807) is 24.4 Å². The molecule has 0 aliphatic carbocycles. The van der Waals surface area contributed by atoms with Crippen molar-refractivity contribution in [2.75, 3.05) is 0 Å². The highest BCUT2D eigenvalue weighted by Gasteiger charge is 2.07. The standard InChI is InChI=1S/C13H10BrFN2OS/c14-10-6-9(3-4-11(10)15)18-7-8-2-1-5-17-12(8)13(16)19/h1-6H,7H2,(H2,16,19). The van der Waals surface area contributed by atoms with Gasteiger partial charge in [-0.25, -0.2) is 4.39 Å². The summed E-state index contributed by atoms with van der Waals surface area (Å²) in [5.74, 6) is 0.212. The van der Waals surface area contributed by atoms with Crippen LogP contribution in [0.3, 0.4) is 0 Å². The van der Waals surface area contributed by atoms with Crippen LogP contribution in [0.2, 0.25) is 0 Å². The van der Waals surface area contributed by atoms with E-state index in [1.165, 1.54) is 6.07 Å². The van der Waals surface area contributed by atoms with E-state index in [2.05, 4.69) is 20.9 Å². The molecule has 6 heteroatoms. The van der Waals surface area contributed by atoms with Gasteiger partial charge in [0, 0.05) is 11.8 Å². The molecular weight excluding hydrogens is 331 g/mol. The van der Waals surface area contributed by atoms with Crippen molar-refractivity contribution in [1.29, 1.82) is 0 Å². The number of hydrogen-bond donors (Lipinski definition) is 1. The lowest BCUT2D eigenvalue weighted by Gasteiger charge is -2.09. The summed E-state index contributed by atoms with van der Waals surface area (Å²) in [4.78, 5) is 4.33. The van der Waals surface area contributed by atoms with Crippen LogP contribution in [-0.2, 0) is 6.61 Å². The Morgan fingerprint density at radius 1 is 1.42 bits per heavy atom. The summed E-state index contributed by atoms with van der Waals surface area (Å²) in [7, 11) is 0. The normalized spacial score (nSPS) is 10.2. The monoisotopic (exact) mass is 340 g/mol. The molecule has 2 rings (SSSR count). The third-order valence-corrected chi connectivity index (χ3v) is 3.21. The minimum Gasteiger partial charge on any atom is -0.489 e. The van der Waals surface area contributed by atoms with Crippen LogP contribution in [0.25, 0.3) is 0 Å². The van der Waals surface area contributed by atoms with Crippen molar-refractivity contribution in [3.05, 3.63) is 58.1 Å². The molecule has 0 amide bonds. The molecule has 0 saturated carbocycles. The van der Waals surface area contributed by atoms with Crippen LogP contribution in [0, 0.1) is 5.82 Å². The zero-order chi connectivity index (χ0) is 13.8. The Kier molecular flexibility index (Phi) is 4.44. The summed E-state index contributed by atoms with van der Waals surface area (Å²) in [6, 6.07) is 8.06. The van der Waals surface area contributed by atoms with Crippen LogP contribution < -0.4 is 10.5 Å². The molecule has 0 fully saturated rings. The summed E-state index contributed by atoms with van der Waals surface area (Å²) >= 11 is 8.02. The molecule has 2 N–H and O–H groups in total. The first-order valence-corrected chi connectivity index (χ1v) is 6.59. The summed E-state index contributed by atoms with van der Waals surface area (Å²) < 4.78 is 19.0. The van der Waals surface area contributed by atoms with Gasteiger partial charge in [0.2, 0.25) is 0 Å². The number of benzene rings is 1. The second-order valence-corrected chi connectivity index (χ2v) is 5.03. The van der Waals surface area contributed by atoms with Gasteiger partial charge in [0.1, 0.15) is 28.9 Å². The molecule has 0 unspecified atom stereocenters. The Bertz CT molecular complexity index is 621. The van der Waals surface area contributed by atoms with E-state index < -0.39 is 0 Å². The lowest BCUT2D eigenvalue weighted by molar-refractivity contribution is 0.305. The third kappa shape index (κ3) is 3.48. The molecule has 0 aliphatic rings.